The zero-order chi connectivity index (χ0) is 12.3. The van der Waals surface area contributed by atoms with E-state index in [9.17, 15) is 4.79 Å². The number of alkyl halides is 1. The predicted molar refractivity (Wildman–Crippen MR) is 67.4 cm³/mol. The van der Waals surface area contributed by atoms with Crippen LogP contribution in [0, 0.1) is 0 Å². The number of rotatable bonds is 5. The highest BCUT2D eigenvalue weighted by Crippen LogP contribution is 2.32. The molecule has 0 aromatic rings. The second kappa shape index (κ2) is 5.91. The molecule has 0 spiro atoms. The smallest absolute Gasteiger partial charge is 0.410 e. The maximum absolute atomic E-state index is 11.8. The number of carbonyl (C=O) groups is 1. The topological polar surface area (TPSA) is 32.8 Å². The molecule has 0 aliphatic carbocycles. The zero-order valence-corrected chi connectivity index (χ0v) is 11.2. The number of fused-ring (bicyclic) bond motifs is 2. The average Bonchev–Trinajstić information content (AvgIpc) is 2.29. The van der Waals surface area contributed by atoms with Gasteiger partial charge in [0.25, 0.3) is 0 Å². The van der Waals surface area contributed by atoms with E-state index in [4.69, 9.17) is 16.3 Å². The lowest BCUT2D eigenvalue weighted by Gasteiger charge is -2.55. The van der Waals surface area contributed by atoms with E-state index in [-0.39, 0.29) is 6.09 Å². The Balaban J connectivity index is 1.76. The highest BCUT2D eigenvalue weighted by molar-refractivity contribution is 6.18. The summed E-state index contributed by atoms with van der Waals surface area (Å²) in [6.45, 7) is 5.47. The van der Waals surface area contributed by atoms with Crippen LogP contribution < -0.4 is 0 Å². The molecule has 98 valence electrons. The van der Waals surface area contributed by atoms with Crippen molar-refractivity contribution in [2.24, 2.45) is 0 Å². The lowest BCUT2D eigenvalue weighted by molar-refractivity contribution is -0.0574. The molecule has 1 amide bonds. The van der Waals surface area contributed by atoms with Crippen LogP contribution in [-0.4, -0.2) is 60.1 Å². The van der Waals surface area contributed by atoms with Gasteiger partial charge in [0, 0.05) is 25.5 Å². The van der Waals surface area contributed by atoms with Crippen molar-refractivity contribution in [3.05, 3.63) is 0 Å². The Labute approximate surface area is 108 Å². The van der Waals surface area contributed by atoms with Gasteiger partial charge in [-0.05, 0) is 12.8 Å². The van der Waals surface area contributed by atoms with Gasteiger partial charge in [-0.25, -0.2) is 4.79 Å². The molecule has 3 fully saturated rings. The fourth-order valence-electron chi connectivity index (χ4n) is 2.68. The summed E-state index contributed by atoms with van der Waals surface area (Å²) in [5, 5.41) is 0. The molecule has 0 radical (unpaired) electrons. The molecule has 3 aliphatic heterocycles. The van der Waals surface area contributed by atoms with E-state index in [1.54, 1.807) is 0 Å². The van der Waals surface area contributed by atoms with Gasteiger partial charge in [0.05, 0.1) is 18.7 Å². The van der Waals surface area contributed by atoms with Gasteiger partial charge in [0.2, 0.25) is 0 Å². The first-order chi connectivity index (χ1) is 8.26. The Morgan fingerprint density at radius 1 is 1.41 bits per heavy atom. The number of amides is 1. The highest BCUT2D eigenvalue weighted by Gasteiger charge is 2.47. The molecule has 17 heavy (non-hydrogen) atoms. The molecule has 0 aromatic carbocycles. The second-order valence-electron chi connectivity index (χ2n) is 4.87. The number of halogens is 1. The molecule has 0 aromatic heterocycles. The van der Waals surface area contributed by atoms with Crippen molar-refractivity contribution >= 4 is 17.7 Å². The standard InChI is InChI=1S/C12H21ClN2O2/c1-2-3-6-17-12(16)15-10-7-11(15)9-14(8-10)5-4-13/h10-11H,2-9H2,1H3. The quantitative estimate of drug-likeness (QED) is 0.559. The fourth-order valence-corrected chi connectivity index (χ4v) is 2.91. The van der Waals surface area contributed by atoms with Gasteiger partial charge in [-0.2, -0.15) is 0 Å². The molecule has 3 heterocycles. The Morgan fingerprint density at radius 2 is 2.12 bits per heavy atom. The van der Waals surface area contributed by atoms with Crippen molar-refractivity contribution < 1.29 is 9.53 Å². The van der Waals surface area contributed by atoms with Crippen molar-refractivity contribution in [2.45, 2.75) is 38.3 Å². The van der Waals surface area contributed by atoms with Crippen LogP contribution in [-0.2, 0) is 4.74 Å². The molecule has 4 nitrogen and oxygen atoms in total. The van der Waals surface area contributed by atoms with Gasteiger partial charge in [-0.3, -0.25) is 9.80 Å². The SMILES string of the molecule is CCCCOC(=O)N1C2CC1CN(CCCl)C2. The third-order valence-electron chi connectivity index (χ3n) is 3.60. The van der Waals surface area contributed by atoms with Crippen LogP contribution in [0.4, 0.5) is 4.79 Å². The van der Waals surface area contributed by atoms with Crippen LogP contribution in [0.2, 0.25) is 0 Å². The predicted octanol–water partition coefficient (Wildman–Crippen LogP) is 1.92. The Morgan fingerprint density at radius 3 is 2.71 bits per heavy atom. The third kappa shape index (κ3) is 2.86. The largest absolute Gasteiger partial charge is 0.449 e. The summed E-state index contributed by atoms with van der Waals surface area (Å²) in [5.41, 5.74) is 0. The first-order valence-corrected chi connectivity index (χ1v) is 7.03. The summed E-state index contributed by atoms with van der Waals surface area (Å²) in [5.74, 6) is 0.667. The van der Waals surface area contributed by atoms with Crippen LogP contribution in [0.25, 0.3) is 0 Å². The number of carbonyl (C=O) groups excluding carboxylic acids is 1. The third-order valence-corrected chi connectivity index (χ3v) is 3.77. The Hall–Kier alpha value is -0.480. The minimum absolute atomic E-state index is 0.120. The van der Waals surface area contributed by atoms with Crippen molar-refractivity contribution in [3.63, 3.8) is 0 Å². The Kier molecular flexibility index (Phi) is 4.51. The average molecular weight is 261 g/mol. The molecule has 3 saturated heterocycles. The van der Waals surface area contributed by atoms with Gasteiger partial charge < -0.3 is 4.74 Å². The summed E-state index contributed by atoms with van der Waals surface area (Å²) >= 11 is 5.73. The lowest BCUT2D eigenvalue weighted by atomic mass is 9.88. The molecular weight excluding hydrogens is 240 g/mol. The molecule has 0 N–H and O–H groups in total. The van der Waals surface area contributed by atoms with Gasteiger partial charge in [0.1, 0.15) is 0 Å². The van der Waals surface area contributed by atoms with E-state index in [0.29, 0.717) is 24.6 Å². The monoisotopic (exact) mass is 260 g/mol. The van der Waals surface area contributed by atoms with Gasteiger partial charge in [-0.1, -0.05) is 13.3 Å². The molecule has 3 aliphatic rings. The van der Waals surface area contributed by atoms with Crippen molar-refractivity contribution in [1.29, 1.82) is 0 Å². The van der Waals surface area contributed by atoms with Crippen LogP contribution in [0.3, 0.4) is 0 Å². The minimum Gasteiger partial charge on any atom is -0.449 e. The molecular formula is C12H21ClN2O2. The highest BCUT2D eigenvalue weighted by atomic mass is 35.5. The maximum atomic E-state index is 11.8. The van der Waals surface area contributed by atoms with E-state index in [1.807, 2.05) is 4.90 Å². The van der Waals surface area contributed by atoms with E-state index in [2.05, 4.69) is 11.8 Å². The van der Waals surface area contributed by atoms with Gasteiger partial charge in [-0.15, -0.1) is 11.6 Å². The van der Waals surface area contributed by atoms with E-state index < -0.39 is 0 Å². The molecule has 3 rings (SSSR count). The fraction of sp³-hybridized carbons (Fsp3) is 0.917. The van der Waals surface area contributed by atoms with Crippen LogP contribution in [0.15, 0.2) is 0 Å². The second-order valence-corrected chi connectivity index (χ2v) is 5.25. The van der Waals surface area contributed by atoms with Crippen molar-refractivity contribution in [3.8, 4) is 0 Å². The van der Waals surface area contributed by atoms with Crippen LogP contribution in [0.1, 0.15) is 26.2 Å². The van der Waals surface area contributed by atoms with Crippen LogP contribution in [0.5, 0.6) is 0 Å². The normalized spacial score (nSPS) is 27.8. The van der Waals surface area contributed by atoms with E-state index >= 15 is 0 Å². The van der Waals surface area contributed by atoms with E-state index in [0.717, 1.165) is 38.9 Å². The number of hydrogen-bond acceptors (Lipinski definition) is 3. The van der Waals surface area contributed by atoms with Crippen molar-refractivity contribution in [1.82, 2.24) is 9.80 Å². The number of hydrogen-bond donors (Lipinski definition) is 0. The number of piperazine rings is 1. The number of nitrogens with zero attached hydrogens (tertiary/aromatic N) is 2. The first-order valence-electron chi connectivity index (χ1n) is 6.49. The zero-order valence-electron chi connectivity index (χ0n) is 10.4. The number of unbranched alkanes of at least 4 members (excludes halogenated alkanes) is 1. The minimum atomic E-state index is -0.120. The molecule has 5 heteroatoms. The maximum Gasteiger partial charge on any atom is 0.410 e. The molecule has 2 unspecified atom stereocenters. The summed E-state index contributed by atoms with van der Waals surface area (Å²) < 4.78 is 5.26. The number of piperidine rings is 1. The van der Waals surface area contributed by atoms with E-state index in [1.165, 1.54) is 0 Å². The number of ether oxygens (including phenoxy) is 1. The Bertz CT molecular complexity index is 263. The first kappa shape index (κ1) is 13.0. The lowest BCUT2D eigenvalue weighted by Crippen LogP contribution is -2.70. The van der Waals surface area contributed by atoms with Gasteiger partial charge >= 0.3 is 6.09 Å². The van der Waals surface area contributed by atoms with Crippen molar-refractivity contribution in [2.75, 3.05) is 32.1 Å². The van der Waals surface area contributed by atoms with Crippen LogP contribution >= 0.6 is 11.6 Å². The molecule has 2 atom stereocenters. The van der Waals surface area contributed by atoms with Gasteiger partial charge in [0.15, 0.2) is 0 Å². The summed E-state index contributed by atoms with van der Waals surface area (Å²) in [7, 11) is 0. The molecule has 0 saturated carbocycles. The summed E-state index contributed by atoms with van der Waals surface area (Å²) in [6, 6.07) is 0.706. The molecule has 2 bridgehead atoms. The summed E-state index contributed by atoms with van der Waals surface area (Å²) in [4.78, 5) is 16.1. The summed E-state index contributed by atoms with van der Waals surface area (Å²) in [6.07, 6.45) is 3.02.